The second-order valence-corrected chi connectivity index (χ2v) is 7.33. The van der Waals surface area contributed by atoms with Crippen LogP contribution in [0.25, 0.3) is 0 Å². The molecule has 1 rings (SSSR count). The van der Waals surface area contributed by atoms with Crippen LogP contribution in [0.3, 0.4) is 0 Å². The first-order chi connectivity index (χ1) is 9.60. The predicted molar refractivity (Wildman–Crippen MR) is 79.2 cm³/mol. The van der Waals surface area contributed by atoms with Gasteiger partial charge in [-0.05, 0) is 23.8 Å². The Balaban J connectivity index is 2.92. The van der Waals surface area contributed by atoms with Gasteiger partial charge >= 0.3 is 5.97 Å². The molecule has 0 unspecified atom stereocenters. The number of nitrogens with one attached hydrogen (secondary N) is 1. The monoisotopic (exact) mass is 353 g/mol. The van der Waals surface area contributed by atoms with Crippen LogP contribution < -0.4 is 5.32 Å². The van der Waals surface area contributed by atoms with Gasteiger partial charge in [0.15, 0.2) is 9.84 Å². The lowest BCUT2D eigenvalue weighted by Gasteiger charge is -2.14. The molecule has 0 radical (unpaired) electrons. The van der Waals surface area contributed by atoms with Crippen molar-refractivity contribution in [3.05, 3.63) is 33.8 Å². The van der Waals surface area contributed by atoms with Gasteiger partial charge in [-0.3, -0.25) is 4.79 Å². The van der Waals surface area contributed by atoms with E-state index in [9.17, 15) is 18.0 Å². The highest BCUT2D eigenvalue weighted by Gasteiger charge is 2.26. The number of carboxylic acid groups (broad SMARTS) is 1. The average Bonchev–Trinajstić information content (AvgIpc) is 2.31. The molecule has 0 aromatic heterocycles. The van der Waals surface area contributed by atoms with Crippen LogP contribution in [0.1, 0.15) is 12.5 Å². The van der Waals surface area contributed by atoms with Crippen molar-refractivity contribution >= 4 is 44.9 Å². The number of carboxylic acids is 1. The van der Waals surface area contributed by atoms with Gasteiger partial charge in [0.2, 0.25) is 5.91 Å². The van der Waals surface area contributed by atoms with Crippen LogP contribution in [0.15, 0.2) is 18.2 Å². The van der Waals surface area contributed by atoms with Crippen molar-refractivity contribution in [1.82, 2.24) is 5.32 Å². The number of hydrogen-bond donors (Lipinski definition) is 2. The fraction of sp³-hybridized carbons (Fsp3) is 0.333. The highest BCUT2D eigenvalue weighted by molar-refractivity contribution is 7.90. The summed E-state index contributed by atoms with van der Waals surface area (Å²) in [6, 6.07) is 2.86. The SMILES string of the molecule is CC(=O)N[C@@H](CS(=O)(=O)Cc1cc(Cl)ccc1Cl)C(=O)O. The van der Waals surface area contributed by atoms with E-state index in [0.29, 0.717) is 5.02 Å². The Morgan fingerprint density at radius 3 is 2.48 bits per heavy atom. The van der Waals surface area contributed by atoms with Gasteiger partial charge in [0, 0.05) is 17.0 Å². The molecule has 0 aliphatic carbocycles. The fourth-order valence-electron chi connectivity index (χ4n) is 1.62. The van der Waals surface area contributed by atoms with E-state index in [4.69, 9.17) is 28.3 Å². The second-order valence-electron chi connectivity index (χ2n) is 4.38. The number of hydrogen-bond acceptors (Lipinski definition) is 4. The molecule has 21 heavy (non-hydrogen) atoms. The quantitative estimate of drug-likeness (QED) is 0.806. The molecule has 1 amide bonds. The van der Waals surface area contributed by atoms with Gasteiger partial charge in [-0.25, -0.2) is 13.2 Å². The summed E-state index contributed by atoms with van der Waals surface area (Å²) in [4.78, 5) is 21.9. The number of amides is 1. The number of carbonyl (C=O) groups excluding carboxylic acids is 1. The van der Waals surface area contributed by atoms with E-state index in [1.165, 1.54) is 18.2 Å². The zero-order valence-corrected chi connectivity index (χ0v) is 13.3. The Hall–Kier alpha value is -1.31. The van der Waals surface area contributed by atoms with E-state index in [-0.39, 0.29) is 10.6 Å². The molecule has 0 fully saturated rings. The molecule has 2 N–H and O–H groups in total. The van der Waals surface area contributed by atoms with Gasteiger partial charge in [-0.15, -0.1) is 0 Å². The summed E-state index contributed by atoms with van der Waals surface area (Å²) >= 11 is 11.6. The van der Waals surface area contributed by atoms with Crippen LogP contribution in [-0.2, 0) is 25.2 Å². The maximum absolute atomic E-state index is 12.0. The zero-order valence-electron chi connectivity index (χ0n) is 11.0. The number of benzene rings is 1. The third kappa shape index (κ3) is 5.91. The molecule has 1 aromatic rings. The van der Waals surface area contributed by atoms with Gasteiger partial charge in [0.05, 0.1) is 11.5 Å². The first kappa shape index (κ1) is 17.7. The molecule has 1 atom stereocenters. The van der Waals surface area contributed by atoms with Crippen molar-refractivity contribution in [2.75, 3.05) is 5.75 Å². The summed E-state index contributed by atoms with van der Waals surface area (Å²) in [7, 11) is -3.80. The van der Waals surface area contributed by atoms with Crippen molar-refractivity contribution < 1.29 is 23.1 Å². The van der Waals surface area contributed by atoms with Gasteiger partial charge in [-0.2, -0.15) is 0 Å². The Morgan fingerprint density at radius 1 is 1.33 bits per heavy atom. The Labute approximate surface area is 132 Å². The molecule has 0 saturated carbocycles. The summed E-state index contributed by atoms with van der Waals surface area (Å²) in [5.41, 5.74) is 0.274. The molecular formula is C12H13Cl2NO5S. The van der Waals surface area contributed by atoms with E-state index < -0.39 is 39.3 Å². The van der Waals surface area contributed by atoms with Gasteiger partial charge in [0.25, 0.3) is 0 Å². The number of carbonyl (C=O) groups is 2. The minimum atomic E-state index is -3.80. The molecule has 116 valence electrons. The van der Waals surface area contributed by atoms with Crippen molar-refractivity contribution in [3.63, 3.8) is 0 Å². The highest BCUT2D eigenvalue weighted by Crippen LogP contribution is 2.23. The Kier molecular flexibility index (Phi) is 6.00. The first-order valence-electron chi connectivity index (χ1n) is 5.75. The number of halogens is 2. The van der Waals surface area contributed by atoms with Gasteiger partial charge in [0.1, 0.15) is 6.04 Å². The number of rotatable bonds is 6. The molecule has 9 heteroatoms. The summed E-state index contributed by atoms with van der Waals surface area (Å²) in [6.45, 7) is 1.11. The number of aliphatic carboxylic acids is 1. The van der Waals surface area contributed by atoms with Crippen LogP contribution in [0, 0.1) is 0 Å². The minimum absolute atomic E-state index is 0.217. The van der Waals surface area contributed by atoms with E-state index >= 15 is 0 Å². The summed E-state index contributed by atoms with van der Waals surface area (Å²) < 4.78 is 24.1. The molecule has 0 spiro atoms. The lowest BCUT2D eigenvalue weighted by molar-refractivity contribution is -0.140. The smallest absolute Gasteiger partial charge is 0.327 e. The highest BCUT2D eigenvalue weighted by atomic mass is 35.5. The van der Waals surface area contributed by atoms with E-state index in [1.807, 2.05) is 0 Å². The maximum Gasteiger partial charge on any atom is 0.327 e. The lowest BCUT2D eigenvalue weighted by atomic mass is 10.2. The van der Waals surface area contributed by atoms with Crippen molar-refractivity contribution in [3.8, 4) is 0 Å². The minimum Gasteiger partial charge on any atom is -0.480 e. The van der Waals surface area contributed by atoms with Crippen LogP contribution in [0.5, 0.6) is 0 Å². The van der Waals surface area contributed by atoms with Crippen molar-refractivity contribution in [1.29, 1.82) is 0 Å². The standard InChI is InChI=1S/C12H13Cl2NO5S/c1-7(16)15-11(12(17)18)6-21(19,20)5-8-4-9(13)2-3-10(8)14/h2-4,11H,5-6H2,1H3,(H,15,16)(H,17,18)/t11-/m0/s1. The molecule has 0 heterocycles. The maximum atomic E-state index is 12.0. The molecular weight excluding hydrogens is 341 g/mol. The van der Waals surface area contributed by atoms with Crippen molar-refractivity contribution in [2.45, 2.75) is 18.7 Å². The normalized spacial score (nSPS) is 12.7. The largest absolute Gasteiger partial charge is 0.480 e. The number of sulfone groups is 1. The lowest BCUT2D eigenvalue weighted by Crippen LogP contribution is -2.44. The van der Waals surface area contributed by atoms with Crippen LogP contribution in [0.2, 0.25) is 10.0 Å². The molecule has 6 nitrogen and oxygen atoms in total. The zero-order chi connectivity index (χ0) is 16.2. The van der Waals surface area contributed by atoms with E-state index in [0.717, 1.165) is 6.92 Å². The van der Waals surface area contributed by atoms with Gasteiger partial charge < -0.3 is 10.4 Å². The third-order valence-electron chi connectivity index (χ3n) is 2.48. The van der Waals surface area contributed by atoms with E-state index in [2.05, 4.69) is 5.32 Å². The average molecular weight is 354 g/mol. The molecule has 0 saturated heterocycles. The molecule has 0 aliphatic heterocycles. The molecule has 1 aromatic carbocycles. The van der Waals surface area contributed by atoms with Crippen molar-refractivity contribution in [2.24, 2.45) is 0 Å². The third-order valence-corrected chi connectivity index (χ3v) is 4.68. The van der Waals surface area contributed by atoms with Crippen LogP contribution >= 0.6 is 23.2 Å². The predicted octanol–water partition coefficient (Wildman–Crippen LogP) is 1.50. The topological polar surface area (TPSA) is 101 Å². The first-order valence-corrected chi connectivity index (χ1v) is 8.32. The van der Waals surface area contributed by atoms with E-state index in [1.54, 1.807) is 0 Å². The van der Waals surface area contributed by atoms with Crippen LogP contribution in [0.4, 0.5) is 0 Å². The summed E-state index contributed by atoms with van der Waals surface area (Å²) in [5, 5.41) is 11.5. The van der Waals surface area contributed by atoms with Crippen LogP contribution in [-0.4, -0.2) is 37.2 Å². The Morgan fingerprint density at radius 2 is 1.95 bits per heavy atom. The summed E-state index contributed by atoms with van der Waals surface area (Å²) in [5.74, 6) is -3.25. The molecule has 0 aliphatic rings. The fourth-order valence-corrected chi connectivity index (χ4v) is 3.65. The van der Waals surface area contributed by atoms with Gasteiger partial charge in [-0.1, -0.05) is 23.2 Å². The summed E-state index contributed by atoms with van der Waals surface area (Å²) in [6.07, 6.45) is 0. The second kappa shape index (κ2) is 7.11. The Bertz CT molecular complexity index is 660. The molecule has 0 bridgehead atoms.